The van der Waals surface area contributed by atoms with E-state index in [1.54, 1.807) is 0 Å². The van der Waals surface area contributed by atoms with Crippen LogP contribution in [0.25, 0.3) is 0 Å². The lowest BCUT2D eigenvalue weighted by atomic mass is 9.90. The number of piperidine rings is 1. The van der Waals surface area contributed by atoms with E-state index in [1.165, 1.54) is 11.1 Å². The van der Waals surface area contributed by atoms with Crippen molar-refractivity contribution in [3.05, 3.63) is 35.4 Å². The van der Waals surface area contributed by atoms with Gasteiger partial charge in [-0.15, -0.1) is 24.8 Å². The average Bonchev–Trinajstić information content (AvgIpc) is 2.60. The van der Waals surface area contributed by atoms with Crippen LogP contribution in [-0.4, -0.2) is 47.4 Å². The number of rotatable bonds is 3. The second-order valence-electron chi connectivity index (χ2n) is 7.19. The Kier molecular flexibility index (Phi) is 8.69. The molecule has 0 aromatic heterocycles. The number of carbonyl (C=O) groups excluding carboxylic acids is 1. The number of likely N-dealkylation sites (tertiary alicyclic amines) is 1. The first kappa shape index (κ1) is 22.2. The van der Waals surface area contributed by atoms with Crippen molar-refractivity contribution in [2.75, 3.05) is 19.6 Å². The summed E-state index contributed by atoms with van der Waals surface area (Å²) in [5, 5.41) is 0. The van der Waals surface area contributed by atoms with Crippen LogP contribution >= 0.6 is 24.8 Å². The zero-order chi connectivity index (χ0) is 16.4. The van der Waals surface area contributed by atoms with Crippen molar-refractivity contribution in [3.63, 3.8) is 0 Å². The van der Waals surface area contributed by atoms with Crippen molar-refractivity contribution in [1.82, 2.24) is 9.80 Å². The Morgan fingerprint density at radius 1 is 1.08 bits per heavy atom. The zero-order valence-corrected chi connectivity index (χ0v) is 16.8. The van der Waals surface area contributed by atoms with Gasteiger partial charge in [-0.2, -0.15) is 0 Å². The van der Waals surface area contributed by atoms with Gasteiger partial charge in [-0.25, -0.2) is 0 Å². The summed E-state index contributed by atoms with van der Waals surface area (Å²) in [5.74, 6) is 0.851. The van der Waals surface area contributed by atoms with Crippen molar-refractivity contribution in [3.8, 4) is 0 Å². The van der Waals surface area contributed by atoms with Gasteiger partial charge in [0.15, 0.2) is 0 Å². The van der Waals surface area contributed by atoms with Crippen LogP contribution in [0.1, 0.15) is 37.8 Å². The van der Waals surface area contributed by atoms with Gasteiger partial charge < -0.3 is 10.6 Å². The molecule has 1 aromatic carbocycles. The van der Waals surface area contributed by atoms with Gasteiger partial charge in [-0.05, 0) is 50.2 Å². The normalized spacial score (nSPS) is 20.7. The maximum absolute atomic E-state index is 12.8. The third-order valence-electron chi connectivity index (χ3n) is 5.66. The highest BCUT2D eigenvalue weighted by Crippen LogP contribution is 2.23. The first-order valence-electron chi connectivity index (χ1n) is 8.91. The van der Waals surface area contributed by atoms with E-state index >= 15 is 0 Å². The van der Waals surface area contributed by atoms with Crippen LogP contribution in [0.3, 0.4) is 0 Å². The molecule has 2 aliphatic rings. The molecule has 2 aliphatic heterocycles. The highest BCUT2D eigenvalue weighted by Gasteiger charge is 2.31. The number of carbonyl (C=O) groups is 1. The average molecular weight is 388 g/mol. The highest BCUT2D eigenvalue weighted by atomic mass is 35.5. The van der Waals surface area contributed by atoms with E-state index in [0.717, 1.165) is 45.4 Å². The van der Waals surface area contributed by atoms with E-state index in [-0.39, 0.29) is 42.8 Å². The molecule has 2 unspecified atom stereocenters. The van der Waals surface area contributed by atoms with E-state index in [4.69, 9.17) is 5.73 Å². The summed E-state index contributed by atoms with van der Waals surface area (Å²) in [5.41, 5.74) is 8.80. The molecule has 25 heavy (non-hydrogen) atoms. The molecule has 2 atom stereocenters. The summed E-state index contributed by atoms with van der Waals surface area (Å²) >= 11 is 0. The Morgan fingerprint density at radius 3 is 2.28 bits per heavy atom. The molecule has 0 radical (unpaired) electrons. The highest BCUT2D eigenvalue weighted by molar-refractivity contribution is 5.85. The van der Waals surface area contributed by atoms with Gasteiger partial charge in [0.2, 0.25) is 5.91 Å². The number of fused-ring (bicyclic) bond motifs is 1. The van der Waals surface area contributed by atoms with E-state index in [0.29, 0.717) is 5.92 Å². The Labute approximate surface area is 163 Å². The first-order chi connectivity index (χ1) is 11.1. The van der Waals surface area contributed by atoms with Crippen LogP contribution in [-0.2, 0) is 17.8 Å². The third kappa shape index (κ3) is 5.10. The third-order valence-corrected chi connectivity index (χ3v) is 5.66. The second-order valence-corrected chi connectivity index (χ2v) is 7.19. The molecule has 1 fully saturated rings. The SMILES string of the molecule is CC(N)C1CCN(C(=O)C(C)N2CCc3ccccc3C2)CC1.Cl.Cl. The summed E-state index contributed by atoms with van der Waals surface area (Å²) in [6.07, 6.45) is 3.12. The number of halogens is 2. The van der Waals surface area contributed by atoms with Crippen molar-refractivity contribution in [2.24, 2.45) is 11.7 Å². The quantitative estimate of drug-likeness (QED) is 0.866. The van der Waals surface area contributed by atoms with Gasteiger partial charge in [-0.3, -0.25) is 9.69 Å². The molecule has 1 amide bonds. The fourth-order valence-corrected chi connectivity index (χ4v) is 3.91. The standard InChI is InChI=1S/C19H29N3O.2ClH/c1-14(20)16-7-10-21(11-8-16)19(23)15(2)22-12-9-17-5-3-4-6-18(17)13-22;;/h3-6,14-16H,7-13,20H2,1-2H3;2*1H. The van der Waals surface area contributed by atoms with Crippen LogP contribution < -0.4 is 5.73 Å². The Bertz CT molecular complexity index is 559. The summed E-state index contributed by atoms with van der Waals surface area (Å²) in [6, 6.07) is 8.79. The van der Waals surface area contributed by atoms with Crippen molar-refractivity contribution in [1.29, 1.82) is 0 Å². The molecule has 6 heteroatoms. The molecular formula is C19H31Cl2N3O. The summed E-state index contributed by atoms with van der Waals surface area (Å²) in [6.45, 7) is 7.73. The van der Waals surface area contributed by atoms with E-state index in [1.807, 2.05) is 4.90 Å². The summed E-state index contributed by atoms with van der Waals surface area (Å²) in [4.78, 5) is 17.2. The molecule has 142 valence electrons. The maximum Gasteiger partial charge on any atom is 0.239 e. The first-order valence-corrected chi connectivity index (χ1v) is 8.91. The molecule has 0 spiro atoms. The van der Waals surface area contributed by atoms with Gasteiger partial charge in [-0.1, -0.05) is 24.3 Å². The van der Waals surface area contributed by atoms with Gasteiger partial charge >= 0.3 is 0 Å². The Hall–Kier alpha value is -0.810. The molecule has 2 N–H and O–H groups in total. The summed E-state index contributed by atoms with van der Waals surface area (Å²) < 4.78 is 0. The second kappa shape index (κ2) is 9.77. The molecule has 0 aliphatic carbocycles. The van der Waals surface area contributed by atoms with Gasteiger partial charge in [0.1, 0.15) is 0 Å². The molecule has 0 bridgehead atoms. The minimum atomic E-state index is -0.0322. The van der Waals surface area contributed by atoms with E-state index in [2.05, 4.69) is 43.0 Å². The van der Waals surface area contributed by atoms with Crippen LogP contribution in [0.2, 0.25) is 0 Å². The molecule has 4 nitrogen and oxygen atoms in total. The minimum Gasteiger partial charge on any atom is -0.341 e. The predicted octanol–water partition coefficient (Wildman–Crippen LogP) is 2.86. The predicted molar refractivity (Wildman–Crippen MR) is 107 cm³/mol. The molecule has 1 aromatic rings. The minimum absolute atomic E-state index is 0. The van der Waals surface area contributed by atoms with E-state index < -0.39 is 0 Å². The van der Waals surface area contributed by atoms with Crippen molar-refractivity contribution in [2.45, 2.75) is 51.7 Å². The number of benzene rings is 1. The van der Waals surface area contributed by atoms with Crippen LogP contribution in [0, 0.1) is 5.92 Å². The summed E-state index contributed by atoms with van der Waals surface area (Å²) in [7, 11) is 0. The zero-order valence-electron chi connectivity index (χ0n) is 15.2. The number of hydrogen-bond donors (Lipinski definition) is 1. The molecule has 1 saturated heterocycles. The molecule has 2 heterocycles. The van der Waals surface area contributed by atoms with Crippen LogP contribution in [0.15, 0.2) is 24.3 Å². The number of nitrogens with zero attached hydrogens (tertiary/aromatic N) is 2. The van der Waals surface area contributed by atoms with E-state index in [9.17, 15) is 4.79 Å². The fourth-order valence-electron chi connectivity index (χ4n) is 3.91. The molecule has 0 saturated carbocycles. The fraction of sp³-hybridized carbons (Fsp3) is 0.632. The number of nitrogens with two attached hydrogens (primary N) is 1. The van der Waals surface area contributed by atoms with Gasteiger partial charge in [0, 0.05) is 32.2 Å². The van der Waals surface area contributed by atoms with Crippen LogP contribution in [0.4, 0.5) is 0 Å². The number of hydrogen-bond acceptors (Lipinski definition) is 3. The molecular weight excluding hydrogens is 357 g/mol. The largest absolute Gasteiger partial charge is 0.341 e. The lowest BCUT2D eigenvalue weighted by molar-refractivity contribution is -0.138. The van der Waals surface area contributed by atoms with Crippen LogP contribution in [0.5, 0.6) is 0 Å². The number of amides is 1. The smallest absolute Gasteiger partial charge is 0.239 e. The van der Waals surface area contributed by atoms with Crippen molar-refractivity contribution >= 4 is 30.7 Å². The monoisotopic (exact) mass is 387 g/mol. The Balaban J connectivity index is 0.00000156. The van der Waals surface area contributed by atoms with Gasteiger partial charge in [0.05, 0.1) is 6.04 Å². The van der Waals surface area contributed by atoms with Crippen molar-refractivity contribution < 1.29 is 4.79 Å². The lowest BCUT2D eigenvalue weighted by Gasteiger charge is -2.39. The molecule has 3 rings (SSSR count). The topological polar surface area (TPSA) is 49.6 Å². The Morgan fingerprint density at radius 2 is 1.68 bits per heavy atom. The van der Waals surface area contributed by atoms with Gasteiger partial charge in [0.25, 0.3) is 0 Å². The lowest BCUT2D eigenvalue weighted by Crippen LogP contribution is -2.51. The maximum atomic E-state index is 12.8.